The van der Waals surface area contributed by atoms with Crippen LogP contribution in [0.25, 0.3) is 0 Å². The molecule has 1 aliphatic heterocycles. The number of piperidine rings is 1. The van der Waals surface area contributed by atoms with Crippen LogP contribution >= 0.6 is 28.1 Å². The van der Waals surface area contributed by atoms with E-state index in [0.717, 1.165) is 12.8 Å². The number of hydrogen-bond donors (Lipinski definition) is 1. The van der Waals surface area contributed by atoms with Gasteiger partial charge < -0.3 is 10.6 Å². The third kappa shape index (κ3) is 3.30. The van der Waals surface area contributed by atoms with Crippen LogP contribution in [0.4, 0.5) is 4.39 Å². The molecule has 2 rings (SSSR count). The molecule has 3 nitrogen and oxygen atoms in total. The number of thiocarbonyl (C=S) groups is 1. The Morgan fingerprint density at radius 3 is 2.63 bits per heavy atom. The van der Waals surface area contributed by atoms with E-state index in [1.165, 1.54) is 12.1 Å². The van der Waals surface area contributed by atoms with E-state index in [4.69, 9.17) is 18.0 Å². The molecule has 6 heteroatoms. The molecule has 0 spiro atoms. The van der Waals surface area contributed by atoms with Crippen molar-refractivity contribution in [3.8, 4) is 0 Å². The van der Waals surface area contributed by atoms with Gasteiger partial charge in [-0.2, -0.15) is 0 Å². The predicted octanol–water partition coefficient (Wildman–Crippen LogP) is 2.73. The molecule has 0 bridgehead atoms. The minimum atomic E-state index is -0.496. The zero-order chi connectivity index (χ0) is 14.0. The van der Waals surface area contributed by atoms with E-state index in [1.807, 2.05) is 0 Å². The smallest absolute Gasteiger partial charge is 0.256 e. The van der Waals surface area contributed by atoms with Crippen molar-refractivity contribution in [3.63, 3.8) is 0 Å². The topological polar surface area (TPSA) is 46.3 Å². The first-order valence-corrected chi connectivity index (χ1v) is 7.23. The average molecular weight is 345 g/mol. The second-order valence-corrected chi connectivity index (χ2v) is 5.98. The fourth-order valence-corrected chi connectivity index (χ4v) is 2.80. The lowest BCUT2D eigenvalue weighted by Crippen LogP contribution is -2.41. The van der Waals surface area contributed by atoms with E-state index in [9.17, 15) is 9.18 Å². The number of carbonyl (C=O) groups is 1. The van der Waals surface area contributed by atoms with Crippen LogP contribution in [0, 0.1) is 11.7 Å². The zero-order valence-corrected chi connectivity index (χ0v) is 12.6. The molecule has 1 fully saturated rings. The third-order valence-corrected chi connectivity index (χ3v) is 4.17. The van der Waals surface area contributed by atoms with Gasteiger partial charge in [-0.1, -0.05) is 28.1 Å². The Morgan fingerprint density at radius 2 is 2.05 bits per heavy atom. The summed E-state index contributed by atoms with van der Waals surface area (Å²) in [7, 11) is 0. The summed E-state index contributed by atoms with van der Waals surface area (Å²) in [6.07, 6.45) is 1.49. The molecule has 102 valence electrons. The molecule has 2 N–H and O–H groups in total. The maximum atomic E-state index is 13.7. The summed E-state index contributed by atoms with van der Waals surface area (Å²) in [5, 5.41) is 0. The highest BCUT2D eigenvalue weighted by molar-refractivity contribution is 9.10. The Kier molecular flexibility index (Phi) is 4.52. The fourth-order valence-electron chi connectivity index (χ4n) is 2.20. The van der Waals surface area contributed by atoms with Gasteiger partial charge in [0.05, 0.1) is 10.6 Å². The number of hydrogen-bond acceptors (Lipinski definition) is 2. The number of carbonyl (C=O) groups excluding carboxylic acids is 1. The van der Waals surface area contributed by atoms with Crippen LogP contribution in [0.15, 0.2) is 22.7 Å². The van der Waals surface area contributed by atoms with E-state index in [1.54, 1.807) is 11.0 Å². The normalized spacial score (nSPS) is 16.4. The molecule has 0 unspecified atom stereocenters. The average Bonchev–Trinajstić information content (AvgIpc) is 2.41. The van der Waals surface area contributed by atoms with Gasteiger partial charge >= 0.3 is 0 Å². The highest BCUT2D eigenvalue weighted by Crippen LogP contribution is 2.22. The molecule has 0 saturated carbocycles. The van der Waals surface area contributed by atoms with E-state index in [-0.39, 0.29) is 17.4 Å². The van der Waals surface area contributed by atoms with Crippen LogP contribution in [-0.2, 0) is 0 Å². The van der Waals surface area contributed by atoms with Crippen LogP contribution in [0.2, 0.25) is 0 Å². The van der Waals surface area contributed by atoms with Gasteiger partial charge in [-0.3, -0.25) is 4.79 Å². The molecule has 1 saturated heterocycles. The summed E-state index contributed by atoms with van der Waals surface area (Å²) in [5.41, 5.74) is 5.71. The second kappa shape index (κ2) is 5.96. The van der Waals surface area contributed by atoms with Gasteiger partial charge in [0.25, 0.3) is 5.91 Å². The summed E-state index contributed by atoms with van der Waals surface area (Å²) in [6, 6.07) is 4.38. The summed E-state index contributed by atoms with van der Waals surface area (Å²) in [4.78, 5) is 14.4. The number of rotatable bonds is 2. The molecule has 0 atom stereocenters. The summed E-state index contributed by atoms with van der Waals surface area (Å²) in [5.74, 6) is -0.587. The number of likely N-dealkylation sites (tertiary alicyclic amines) is 1. The highest BCUT2D eigenvalue weighted by atomic mass is 79.9. The number of nitrogens with two attached hydrogens (primary N) is 1. The van der Waals surface area contributed by atoms with E-state index in [0.29, 0.717) is 22.6 Å². The SMILES string of the molecule is NC(=S)C1CCN(C(=O)c2cc(Br)ccc2F)CC1. The molecule has 1 heterocycles. The van der Waals surface area contributed by atoms with Crippen LogP contribution in [0.5, 0.6) is 0 Å². The molecular formula is C13H14BrFN2OS. The standard InChI is InChI=1S/C13H14BrFN2OS/c14-9-1-2-11(15)10(7-9)13(18)17-5-3-8(4-6-17)12(16)19/h1-2,7-8H,3-6H2,(H2,16,19). The van der Waals surface area contributed by atoms with Crippen molar-refractivity contribution in [2.45, 2.75) is 12.8 Å². The van der Waals surface area contributed by atoms with E-state index in [2.05, 4.69) is 15.9 Å². The molecule has 19 heavy (non-hydrogen) atoms. The van der Waals surface area contributed by atoms with Gasteiger partial charge in [0.1, 0.15) is 5.82 Å². The minimum Gasteiger partial charge on any atom is -0.393 e. The number of benzene rings is 1. The second-order valence-electron chi connectivity index (χ2n) is 4.59. The molecule has 0 aliphatic carbocycles. The first-order chi connectivity index (χ1) is 8.99. The lowest BCUT2D eigenvalue weighted by molar-refractivity contribution is 0.0705. The third-order valence-electron chi connectivity index (χ3n) is 3.34. The van der Waals surface area contributed by atoms with Crippen LogP contribution in [-0.4, -0.2) is 28.9 Å². The maximum absolute atomic E-state index is 13.7. The van der Waals surface area contributed by atoms with Gasteiger partial charge in [-0.05, 0) is 31.0 Å². The molecule has 0 radical (unpaired) electrons. The van der Waals surface area contributed by atoms with Gasteiger partial charge in [0.15, 0.2) is 0 Å². The van der Waals surface area contributed by atoms with Gasteiger partial charge in [-0.25, -0.2) is 4.39 Å². The van der Waals surface area contributed by atoms with Gasteiger partial charge in [0.2, 0.25) is 0 Å². The van der Waals surface area contributed by atoms with Crippen molar-refractivity contribution in [2.24, 2.45) is 11.7 Å². The Labute approximate surface area is 125 Å². The van der Waals surface area contributed by atoms with Crippen LogP contribution in [0.3, 0.4) is 0 Å². The van der Waals surface area contributed by atoms with Gasteiger partial charge in [-0.15, -0.1) is 0 Å². The van der Waals surface area contributed by atoms with Crippen molar-refractivity contribution < 1.29 is 9.18 Å². The van der Waals surface area contributed by atoms with Crippen molar-refractivity contribution in [1.29, 1.82) is 0 Å². The molecule has 1 amide bonds. The van der Waals surface area contributed by atoms with Crippen LogP contribution < -0.4 is 5.73 Å². The molecule has 0 aromatic heterocycles. The quantitative estimate of drug-likeness (QED) is 0.839. The largest absolute Gasteiger partial charge is 0.393 e. The first-order valence-electron chi connectivity index (χ1n) is 6.02. The maximum Gasteiger partial charge on any atom is 0.256 e. The fraction of sp³-hybridized carbons (Fsp3) is 0.385. The van der Waals surface area contributed by atoms with Crippen LogP contribution in [0.1, 0.15) is 23.2 Å². The van der Waals surface area contributed by atoms with Crippen molar-refractivity contribution in [1.82, 2.24) is 4.90 Å². The lowest BCUT2D eigenvalue weighted by atomic mass is 9.96. The summed E-state index contributed by atoms with van der Waals surface area (Å²) >= 11 is 8.21. The van der Waals surface area contributed by atoms with Crippen molar-refractivity contribution in [3.05, 3.63) is 34.1 Å². The number of amides is 1. The van der Waals surface area contributed by atoms with Gasteiger partial charge in [0, 0.05) is 23.5 Å². The Balaban J connectivity index is 2.09. The molecule has 1 aliphatic rings. The predicted molar refractivity (Wildman–Crippen MR) is 79.5 cm³/mol. The molecule has 1 aromatic carbocycles. The lowest BCUT2D eigenvalue weighted by Gasteiger charge is -2.31. The summed E-state index contributed by atoms with van der Waals surface area (Å²) < 4.78 is 14.4. The number of nitrogens with zero attached hydrogens (tertiary/aromatic N) is 1. The van der Waals surface area contributed by atoms with Crippen molar-refractivity contribution >= 4 is 39.0 Å². The Bertz CT molecular complexity index is 515. The minimum absolute atomic E-state index is 0.100. The van der Waals surface area contributed by atoms with E-state index >= 15 is 0 Å². The Morgan fingerprint density at radius 1 is 1.42 bits per heavy atom. The molecule has 1 aromatic rings. The van der Waals surface area contributed by atoms with E-state index < -0.39 is 5.82 Å². The Hall–Kier alpha value is -1.01. The zero-order valence-electron chi connectivity index (χ0n) is 10.2. The number of halogens is 2. The van der Waals surface area contributed by atoms with Crippen molar-refractivity contribution in [2.75, 3.05) is 13.1 Å². The molecular weight excluding hydrogens is 331 g/mol. The monoisotopic (exact) mass is 344 g/mol. The summed E-state index contributed by atoms with van der Waals surface area (Å²) in [6.45, 7) is 1.12. The highest BCUT2D eigenvalue weighted by Gasteiger charge is 2.26. The first kappa shape index (κ1) is 14.4.